The number of nitrogens with zero attached hydrogens (tertiary/aromatic N) is 1. The summed E-state index contributed by atoms with van der Waals surface area (Å²) in [7, 11) is 0. The van der Waals surface area contributed by atoms with Gasteiger partial charge in [-0.1, -0.05) is 22.9 Å². The minimum Gasteiger partial charge on any atom is -0.319 e. The van der Waals surface area contributed by atoms with Gasteiger partial charge in [0.1, 0.15) is 11.6 Å². The summed E-state index contributed by atoms with van der Waals surface area (Å²) in [6.45, 7) is 1.92. The number of aryl methyl sites for hydroxylation is 1. The first-order chi connectivity index (χ1) is 10.0. The van der Waals surface area contributed by atoms with E-state index >= 15 is 0 Å². The van der Waals surface area contributed by atoms with E-state index in [1.54, 1.807) is 12.1 Å². The standard InChI is InChI=1S/C14H14BrFN4O/c1-2-10-5-8(6-13(18-10)20-17)14(21)19-12-4-3-9(15)7-11(12)16/h3-7H,2,17H2,1H3,(H,18,20)(H,19,21). The predicted molar refractivity (Wildman–Crippen MR) is 83.5 cm³/mol. The van der Waals surface area contributed by atoms with Crippen molar-refractivity contribution in [2.75, 3.05) is 10.7 Å². The van der Waals surface area contributed by atoms with Crippen LogP contribution in [0.15, 0.2) is 34.8 Å². The van der Waals surface area contributed by atoms with Crippen molar-refractivity contribution in [1.82, 2.24) is 4.98 Å². The fraction of sp³-hybridized carbons (Fsp3) is 0.143. The van der Waals surface area contributed by atoms with Crippen LogP contribution in [0.1, 0.15) is 23.0 Å². The van der Waals surface area contributed by atoms with Crippen LogP contribution in [0.5, 0.6) is 0 Å². The van der Waals surface area contributed by atoms with Gasteiger partial charge in [0.25, 0.3) is 5.91 Å². The van der Waals surface area contributed by atoms with Crippen molar-refractivity contribution in [1.29, 1.82) is 0 Å². The molecule has 0 fully saturated rings. The van der Waals surface area contributed by atoms with E-state index in [0.29, 0.717) is 28.0 Å². The Bertz CT molecular complexity index is 656. The molecule has 7 heteroatoms. The number of nitrogens with one attached hydrogen (secondary N) is 2. The van der Waals surface area contributed by atoms with E-state index in [0.717, 1.165) is 0 Å². The number of amides is 1. The van der Waals surface area contributed by atoms with Gasteiger partial charge in [0.2, 0.25) is 0 Å². The van der Waals surface area contributed by atoms with Crippen molar-refractivity contribution in [2.24, 2.45) is 5.84 Å². The normalized spacial score (nSPS) is 10.3. The number of hydrazine groups is 1. The summed E-state index contributed by atoms with van der Waals surface area (Å²) < 4.78 is 14.3. The number of rotatable bonds is 4. The van der Waals surface area contributed by atoms with Crippen molar-refractivity contribution in [3.05, 3.63) is 51.9 Å². The first kappa shape index (κ1) is 15.4. The van der Waals surface area contributed by atoms with Gasteiger partial charge in [-0.3, -0.25) is 4.79 Å². The zero-order valence-corrected chi connectivity index (χ0v) is 12.9. The second kappa shape index (κ2) is 6.64. The molecule has 1 aromatic heterocycles. The number of anilines is 2. The fourth-order valence-corrected chi connectivity index (χ4v) is 2.09. The minimum absolute atomic E-state index is 0.111. The SMILES string of the molecule is CCc1cc(C(=O)Nc2ccc(Br)cc2F)cc(NN)n1. The van der Waals surface area contributed by atoms with E-state index in [2.05, 4.69) is 31.7 Å². The van der Waals surface area contributed by atoms with Crippen LogP contribution in [0.2, 0.25) is 0 Å². The summed E-state index contributed by atoms with van der Waals surface area (Å²) in [4.78, 5) is 16.4. The summed E-state index contributed by atoms with van der Waals surface area (Å²) >= 11 is 3.16. The Balaban J connectivity index is 2.27. The Hall–Kier alpha value is -1.99. The largest absolute Gasteiger partial charge is 0.319 e. The molecule has 21 heavy (non-hydrogen) atoms. The van der Waals surface area contributed by atoms with Gasteiger partial charge in [0, 0.05) is 15.7 Å². The molecule has 0 aliphatic rings. The third-order valence-electron chi connectivity index (χ3n) is 2.83. The van der Waals surface area contributed by atoms with Gasteiger partial charge in [-0.15, -0.1) is 0 Å². The first-order valence-electron chi connectivity index (χ1n) is 6.27. The Morgan fingerprint density at radius 3 is 2.76 bits per heavy atom. The smallest absolute Gasteiger partial charge is 0.255 e. The Labute approximate surface area is 129 Å². The molecule has 0 spiro atoms. The van der Waals surface area contributed by atoms with Crippen LogP contribution >= 0.6 is 15.9 Å². The number of nitrogen functional groups attached to an aromatic ring is 1. The van der Waals surface area contributed by atoms with E-state index in [1.165, 1.54) is 18.2 Å². The number of carbonyl (C=O) groups excluding carboxylic acids is 1. The number of hydrogen-bond donors (Lipinski definition) is 3. The van der Waals surface area contributed by atoms with E-state index < -0.39 is 11.7 Å². The third-order valence-corrected chi connectivity index (χ3v) is 3.32. The second-order valence-corrected chi connectivity index (χ2v) is 5.22. The van der Waals surface area contributed by atoms with Crippen LogP contribution in [-0.2, 0) is 6.42 Å². The van der Waals surface area contributed by atoms with Crippen molar-refractivity contribution in [2.45, 2.75) is 13.3 Å². The van der Waals surface area contributed by atoms with Crippen LogP contribution in [0, 0.1) is 5.82 Å². The molecule has 1 amide bonds. The summed E-state index contributed by atoms with van der Waals surface area (Å²) in [5, 5.41) is 2.53. The molecule has 0 saturated heterocycles. The molecule has 2 rings (SSSR count). The van der Waals surface area contributed by atoms with Crippen molar-refractivity contribution in [3.8, 4) is 0 Å². The van der Waals surface area contributed by atoms with Gasteiger partial charge in [-0.05, 0) is 36.8 Å². The van der Waals surface area contributed by atoms with Crippen LogP contribution in [0.3, 0.4) is 0 Å². The molecular formula is C14H14BrFN4O. The van der Waals surface area contributed by atoms with E-state index in [9.17, 15) is 9.18 Å². The van der Waals surface area contributed by atoms with E-state index in [4.69, 9.17) is 5.84 Å². The lowest BCUT2D eigenvalue weighted by molar-refractivity contribution is 0.102. The van der Waals surface area contributed by atoms with Crippen molar-refractivity contribution < 1.29 is 9.18 Å². The Kier molecular flexibility index (Phi) is 4.87. The molecule has 0 aliphatic heterocycles. The molecule has 2 aromatic rings. The topological polar surface area (TPSA) is 80.0 Å². The highest BCUT2D eigenvalue weighted by Crippen LogP contribution is 2.20. The van der Waals surface area contributed by atoms with Crippen LogP contribution < -0.4 is 16.6 Å². The lowest BCUT2D eigenvalue weighted by Crippen LogP contribution is -2.16. The lowest BCUT2D eigenvalue weighted by atomic mass is 10.1. The van der Waals surface area contributed by atoms with Gasteiger partial charge in [0.05, 0.1) is 5.69 Å². The fourth-order valence-electron chi connectivity index (χ4n) is 1.76. The van der Waals surface area contributed by atoms with Gasteiger partial charge in [-0.2, -0.15) is 0 Å². The number of pyridine rings is 1. The first-order valence-corrected chi connectivity index (χ1v) is 7.06. The molecule has 1 heterocycles. The van der Waals surface area contributed by atoms with Crippen LogP contribution in [-0.4, -0.2) is 10.9 Å². The molecule has 0 atom stereocenters. The molecule has 4 N–H and O–H groups in total. The zero-order chi connectivity index (χ0) is 15.4. The maximum atomic E-state index is 13.7. The second-order valence-electron chi connectivity index (χ2n) is 4.31. The van der Waals surface area contributed by atoms with Gasteiger partial charge in [-0.25, -0.2) is 15.2 Å². The summed E-state index contributed by atoms with van der Waals surface area (Å²) in [5.41, 5.74) is 3.59. The molecule has 5 nitrogen and oxygen atoms in total. The maximum absolute atomic E-state index is 13.7. The molecule has 0 saturated carbocycles. The van der Waals surface area contributed by atoms with Crippen LogP contribution in [0.4, 0.5) is 15.9 Å². The quantitative estimate of drug-likeness (QED) is 0.583. The van der Waals surface area contributed by atoms with Crippen LogP contribution in [0.25, 0.3) is 0 Å². The number of carbonyl (C=O) groups is 1. The minimum atomic E-state index is -0.514. The number of hydrogen-bond acceptors (Lipinski definition) is 4. The number of aromatic nitrogens is 1. The summed E-state index contributed by atoms with van der Waals surface area (Å²) in [6, 6.07) is 7.57. The number of nitrogens with two attached hydrogens (primary N) is 1. The third kappa shape index (κ3) is 3.77. The molecule has 1 aromatic carbocycles. The highest BCUT2D eigenvalue weighted by Gasteiger charge is 2.12. The van der Waals surface area contributed by atoms with Gasteiger partial charge in [0.15, 0.2) is 0 Å². The monoisotopic (exact) mass is 352 g/mol. The Morgan fingerprint density at radius 2 is 2.14 bits per heavy atom. The molecular weight excluding hydrogens is 339 g/mol. The molecule has 0 aliphatic carbocycles. The number of benzene rings is 1. The summed E-state index contributed by atoms with van der Waals surface area (Å²) in [5.74, 6) is 4.77. The van der Waals surface area contributed by atoms with Gasteiger partial charge < -0.3 is 10.7 Å². The molecule has 0 unspecified atom stereocenters. The average Bonchev–Trinajstić information content (AvgIpc) is 2.49. The van der Waals surface area contributed by atoms with Crippen molar-refractivity contribution >= 4 is 33.3 Å². The molecule has 110 valence electrons. The predicted octanol–water partition coefficient (Wildman–Crippen LogP) is 3.08. The lowest BCUT2D eigenvalue weighted by Gasteiger charge is -2.09. The van der Waals surface area contributed by atoms with Gasteiger partial charge >= 0.3 is 0 Å². The van der Waals surface area contributed by atoms with E-state index in [1.807, 2.05) is 6.92 Å². The molecule has 0 bridgehead atoms. The highest BCUT2D eigenvalue weighted by atomic mass is 79.9. The average molecular weight is 353 g/mol. The summed E-state index contributed by atoms with van der Waals surface area (Å²) in [6.07, 6.45) is 0.655. The maximum Gasteiger partial charge on any atom is 0.255 e. The Morgan fingerprint density at radius 1 is 1.38 bits per heavy atom. The number of halogens is 2. The molecule has 0 radical (unpaired) electrons. The van der Waals surface area contributed by atoms with E-state index in [-0.39, 0.29) is 5.69 Å². The van der Waals surface area contributed by atoms with Crippen molar-refractivity contribution in [3.63, 3.8) is 0 Å². The zero-order valence-electron chi connectivity index (χ0n) is 11.3. The highest BCUT2D eigenvalue weighted by molar-refractivity contribution is 9.10.